The van der Waals surface area contributed by atoms with Crippen molar-refractivity contribution >= 4 is 0 Å². The van der Waals surface area contributed by atoms with Crippen molar-refractivity contribution in [3.63, 3.8) is 0 Å². The zero-order chi connectivity index (χ0) is 7.84. The summed E-state index contributed by atoms with van der Waals surface area (Å²) in [5.41, 5.74) is 2.77. The van der Waals surface area contributed by atoms with E-state index in [-0.39, 0.29) is 0 Å². The van der Waals surface area contributed by atoms with Crippen LogP contribution in [0.5, 0.6) is 0 Å². The maximum atomic E-state index is 2.20. The topological polar surface area (TPSA) is 6.48 Å². The highest BCUT2D eigenvalue weighted by molar-refractivity contribution is 5.34. The fourth-order valence-electron chi connectivity index (χ4n) is 1.57. The van der Waals surface area contributed by atoms with Gasteiger partial charge >= 0.3 is 0 Å². The van der Waals surface area contributed by atoms with E-state index in [1.807, 2.05) is 0 Å². The van der Waals surface area contributed by atoms with Crippen LogP contribution >= 0.6 is 0 Å². The lowest BCUT2D eigenvalue weighted by Crippen LogP contribution is -2.29. The summed E-state index contributed by atoms with van der Waals surface area (Å²) in [4.78, 5) is 0. The number of fused-ring (bicyclic) bond motifs is 1. The van der Waals surface area contributed by atoms with Crippen molar-refractivity contribution in [3.05, 3.63) is 35.7 Å². The van der Waals surface area contributed by atoms with E-state index in [4.69, 9.17) is 0 Å². The van der Waals surface area contributed by atoms with E-state index >= 15 is 0 Å². The zero-order valence-corrected chi connectivity index (χ0v) is 6.91. The number of likely N-dealkylation sites (N-methyl/N-ethyl adjacent to an activating group) is 1. The Hall–Kier alpha value is -1.02. The minimum absolute atomic E-state index is 1.05. The number of nitrogens with zero attached hydrogens (tertiary/aromatic N) is 2. The van der Waals surface area contributed by atoms with E-state index in [0.29, 0.717) is 0 Å². The van der Waals surface area contributed by atoms with Gasteiger partial charge in [-0.15, -0.1) is 0 Å². The molecule has 0 saturated heterocycles. The molecule has 0 fully saturated rings. The average Bonchev–Trinajstić information content (AvgIpc) is 2.30. The molecule has 2 aliphatic heterocycles. The quantitative estimate of drug-likeness (QED) is 0.513. The first kappa shape index (κ1) is 6.68. The first-order valence-corrected chi connectivity index (χ1v) is 3.84. The molecule has 0 radical (unpaired) electrons. The third-order valence-electron chi connectivity index (χ3n) is 2.11. The Morgan fingerprint density at radius 3 is 2.91 bits per heavy atom. The zero-order valence-electron chi connectivity index (χ0n) is 6.91. The van der Waals surface area contributed by atoms with Crippen molar-refractivity contribution in [2.24, 2.45) is 0 Å². The molecule has 2 heteroatoms. The van der Waals surface area contributed by atoms with E-state index in [2.05, 4.69) is 48.4 Å². The number of rotatable bonds is 0. The van der Waals surface area contributed by atoms with Gasteiger partial charge < -0.3 is 0 Å². The Kier molecular flexibility index (Phi) is 1.36. The van der Waals surface area contributed by atoms with Gasteiger partial charge in [0.1, 0.15) is 0 Å². The molecule has 0 N–H and O–H groups in total. The minimum Gasteiger partial charge on any atom is -0.282 e. The predicted octanol–water partition coefficient (Wildman–Crippen LogP) is 1.51. The third-order valence-corrected chi connectivity index (χ3v) is 2.11. The first-order valence-electron chi connectivity index (χ1n) is 3.84. The van der Waals surface area contributed by atoms with Crippen molar-refractivity contribution in [1.29, 1.82) is 0 Å². The van der Waals surface area contributed by atoms with E-state index < -0.39 is 0 Å². The van der Waals surface area contributed by atoms with Crippen LogP contribution in [-0.2, 0) is 0 Å². The number of hydrogen-bond acceptors (Lipinski definition) is 2. The van der Waals surface area contributed by atoms with Crippen LogP contribution in [-0.4, -0.2) is 23.6 Å². The molecular weight excluding hydrogens is 136 g/mol. The Bertz CT molecular complexity index is 261. The molecule has 0 aliphatic carbocycles. The number of allylic oxidation sites excluding steroid dienone is 3. The summed E-state index contributed by atoms with van der Waals surface area (Å²) in [6.45, 7) is 3.22. The molecule has 0 bridgehead atoms. The summed E-state index contributed by atoms with van der Waals surface area (Å²) in [6, 6.07) is 0. The molecular formula is C9H12N2. The fourth-order valence-corrected chi connectivity index (χ4v) is 1.57. The van der Waals surface area contributed by atoms with Crippen molar-refractivity contribution in [3.8, 4) is 0 Å². The van der Waals surface area contributed by atoms with Gasteiger partial charge in [0.2, 0.25) is 0 Å². The summed E-state index contributed by atoms with van der Waals surface area (Å²) >= 11 is 0. The molecule has 0 amide bonds. The molecule has 11 heavy (non-hydrogen) atoms. The Morgan fingerprint density at radius 2 is 2.18 bits per heavy atom. The second-order valence-electron chi connectivity index (χ2n) is 3.03. The highest BCUT2D eigenvalue weighted by atomic mass is 15.6. The predicted molar refractivity (Wildman–Crippen MR) is 45.4 cm³/mol. The highest BCUT2D eigenvalue weighted by Crippen LogP contribution is 2.24. The molecule has 2 rings (SSSR count). The summed E-state index contributed by atoms with van der Waals surface area (Å²) in [6.07, 6.45) is 8.37. The molecule has 0 atom stereocenters. The normalized spacial score (nSPS) is 23.3. The van der Waals surface area contributed by atoms with Crippen LogP contribution in [0.15, 0.2) is 35.7 Å². The monoisotopic (exact) mass is 148 g/mol. The van der Waals surface area contributed by atoms with Crippen LogP contribution in [0.3, 0.4) is 0 Å². The van der Waals surface area contributed by atoms with Crippen molar-refractivity contribution < 1.29 is 0 Å². The third kappa shape index (κ3) is 0.906. The molecule has 0 unspecified atom stereocenters. The number of hydrogen-bond donors (Lipinski definition) is 0. The molecule has 2 heterocycles. The molecule has 0 aromatic carbocycles. The molecule has 0 aromatic heterocycles. The highest BCUT2D eigenvalue weighted by Gasteiger charge is 2.21. The summed E-state index contributed by atoms with van der Waals surface area (Å²) < 4.78 is 0. The lowest BCUT2D eigenvalue weighted by Gasteiger charge is -2.25. The van der Waals surface area contributed by atoms with Crippen molar-refractivity contribution in [2.75, 3.05) is 13.6 Å². The van der Waals surface area contributed by atoms with Crippen molar-refractivity contribution in [1.82, 2.24) is 10.0 Å². The van der Waals surface area contributed by atoms with Gasteiger partial charge in [0, 0.05) is 19.8 Å². The molecule has 2 nitrogen and oxygen atoms in total. The lowest BCUT2D eigenvalue weighted by molar-refractivity contribution is 0.131. The van der Waals surface area contributed by atoms with Crippen LogP contribution in [0.1, 0.15) is 6.92 Å². The van der Waals surface area contributed by atoms with E-state index in [1.54, 1.807) is 0 Å². The Balaban J connectivity index is 2.38. The molecule has 0 aromatic rings. The largest absolute Gasteiger partial charge is 0.282 e. The van der Waals surface area contributed by atoms with Crippen LogP contribution in [0.25, 0.3) is 0 Å². The standard InChI is InChI=1S/C9H12N2/c1-8-7-10(2)11-6-4-3-5-9(8)11/h3-6H,7H2,1-2H3. The van der Waals surface area contributed by atoms with Gasteiger partial charge in [0.15, 0.2) is 0 Å². The van der Waals surface area contributed by atoms with Crippen molar-refractivity contribution in [2.45, 2.75) is 6.92 Å². The van der Waals surface area contributed by atoms with Gasteiger partial charge in [-0.1, -0.05) is 6.08 Å². The number of hydrazine groups is 1. The van der Waals surface area contributed by atoms with Gasteiger partial charge in [0.25, 0.3) is 0 Å². The summed E-state index contributed by atoms with van der Waals surface area (Å²) in [5, 5.41) is 4.38. The molecule has 0 spiro atoms. The van der Waals surface area contributed by atoms with Gasteiger partial charge in [0.05, 0.1) is 5.70 Å². The van der Waals surface area contributed by atoms with Crippen LogP contribution in [0.4, 0.5) is 0 Å². The second kappa shape index (κ2) is 2.24. The minimum atomic E-state index is 1.05. The van der Waals surface area contributed by atoms with Crippen LogP contribution < -0.4 is 0 Å². The Morgan fingerprint density at radius 1 is 1.36 bits per heavy atom. The van der Waals surface area contributed by atoms with Crippen LogP contribution in [0, 0.1) is 0 Å². The van der Waals surface area contributed by atoms with Gasteiger partial charge in [-0.3, -0.25) is 5.01 Å². The SMILES string of the molecule is CC1=C2C=CC=CN2N(C)C1. The summed E-state index contributed by atoms with van der Waals surface area (Å²) in [7, 11) is 2.10. The Labute approximate surface area is 67.1 Å². The average molecular weight is 148 g/mol. The maximum absolute atomic E-state index is 2.20. The van der Waals surface area contributed by atoms with Crippen LogP contribution in [0.2, 0.25) is 0 Å². The summed E-state index contributed by atoms with van der Waals surface area (Å²) in [5.74, 6) is 0. The smallest absolute Gasteiger partial charge is 0.0576 e. The molecule has 58 valence electrons. The second-order valence-corrected chi connectivity index (χ2v) is 3.03. The lowest BCUT2D eigenvalue weighted by atomic mass is 10.2. The molecule has 2 aliphatic rings. The van der Waals surface area contributed by atoms with E-state index in [1.165, 1.54) is 11.3 Å². The van der Waals surface area contributed by atoms with Gasteiger partial charge in [-0.25, -0.2) is 5.01 Å². The first-order chi connectivity index (χ1) is 5.29. The van der Waals surface area contributed by atoms with Gasteiger partial charge in [-0.05, 0) is 24.6 Å². The molecule has 0 saturated carbocycles. The fraction of sp³-hybridized carbons (Fsp3) is 0.333. The van der Waals surface area contributed by atoms with E-state index in [9.17, 15) is 0 Å². The maximum Gasteiger partial charge on any atom is 0.0576 e. The van der Waals surface area contributed by atoms with E-state index in [0.717, 1.165) is 6.54 Å². The van der Waals surface area contributed by atoms with Gasteiger partial charge in [-0.2, -0.15) is 0 Å².